The molecule has 0 aliphatic heterocycles. The van der Waals surface area contributed by atoms with E-state index in [4.69, 9.17) is 9.47 Å². The molecule has 0 bridgehead atoms. The van der Waals surface area contributed by atoms with Crippen molar-refractivity contribution in [3.63, 3.8) is 0 Å². The number of anilines is 2. The van der Waals surface area contributed by atoms with Crippen LogP contribution in [-0.2, 0) is 14.8 Å². The van der Waals surface area contributed by atoms with E-state index in [1.807, 2.05) is 0 Å². The van der Waals surface area contributed by atoms with Gasteiger partial charge < -0.3 is 14.8 Å². The summed E-state index contributed by atoms with van der Waals surface area (Å²) in [4.78, 5) is 12.0. The van der Waals surface area contributed by atoms with Gasteiger partial charge in [-0.2, -0.15) is 0 Å². The molecule has 156 valence electrons. The molecule has 0 saturated heterocycles. The van der Waals surface area contributed by atoms with E-state index in [-0.39, 0.29) is 22.0 Å². The van der Waals surface area contributed by atoms with Crippen molar-refractivity contribution in [3.05, 3.63) is 78.6 Å². The van der Waals surface area contributed by atoms with Crippen molar-refractivity contribution in [2.45, 2.75) is 4.90 Å². The molecule has 2 N–H and O–H groups in total. The smallest absolute Gasteiger partial charge is 0.262 e. The van der Waals surface area contributed by atoms with Crippen LogP contribution < -0.4 is 19.5 Å². The summed E-state index contributed by atoms with van der Waals surface area (Å²) in [5.74, 6) is -0.827. The first-order valence-corrected chi connectivity index (χ1v) is 10.3. The van der Waals surface area contributed by atoms with Crippen molar-refractivity contribution in [1.29, 1.82) is 0 Å². The Balaban J connectivity index is 1.69. The minimum atomic E-state index is -3.93. The number of sulfonamides is 1. The molecule has 0 unspecified atom stereocenters. The Hall–Kier alpha value is -3.59. The van der Waals surface area contributed by atoms with Gasteiger partial charge in [-0.05, 0) is 42.5 Å². The quantitative estimate of drug-likeness (QED) is 0.569. The average molecular weight is 430 g/mol. The lowest BCUT2D eigenvalue weighted by Crippen LogP contribution is -2.21. The Kier molecular flexibility index (Phi) is 6.53. The highest BCUT2D eigenvalue weighted by molar-refractivity contribution is 7.92. The second-order valence-corrected chi connectivity index (χ2v) is 7.78. The number of hydrogen-bond donors (Lipinski definition) is 2. The number of halogens is 1. The molecule has 9 heteroatoms. The summed E-state index contributed by atoms with van der Waals surface area (Å²) in [7, 11) is -2.49. The summed E-state index contributed by atoms with van der Waals surface area (Å²) in [6, 6.07) is 18.0. The van der Waals surface area contributed by atoms with E-state index in [9.17, 15) is 17.6 Å². The molecule has 0 fully saturated rings. The third kappa shape index (κ3) is 5.26. The van der Waals surface area contributed by atoms with Gasteiger partial charge >= 0.3 is 0 Å². The molecule has 3 aromatic rings. The van der Waals surface area contributed by atoms with Crippen molar-refractivity contribution in [2.75, 3.05) is 23.8 Å². The van der Waals surface area contributed by atoms with Gasteiger partial charge in [0.15, 0.2) is 18.2 Å². The predicted molar refractivity (Wildman–Crippen MR) is 111 cm³/mol. The van der Waals surface area contributed by atoms with Crippen molar-refractivity contribution in [3.8, 4) is 11.5 Å². The SMILES string of the molecule is COc1ccccc1NS(=O)(=O)c1cccc(NC(=O)COc2ccccc2F)c1. The van der Waals surface area contributed by atoms with Crippen LogP contribution in [0.25, 0.3) is 0 Å². The van der Waals surface area contributed by atoms with Crippen LogP contribution in [0.4, 0.5) is 15.8 Å². The second kappa shape index (κ2) is 9.27. The maximum absolute atomic E-state index is 13.5. The summed E-state index contributed by atoms with van der Waals surface area (Å²) in [5, 5.41) is 2.53. The first kappa shape index (κ1) is 21.1. The highest BCUT2D eigenvalue weighted by Gasteiger charge is 2.17. The third-order valence-corrected chi connectivity index (χ3v) is 5.34. The van der Waals surface area contributed by atoms with Gasteiger partial charge in [-0.3, -0.25) is 9.52 Å². The minimum Gasteiger partial charge on any atom is -0.495 e. The van der Waals surface area contributed by atoms with E-state index in [0.717, 1.165) is 0 Å². The van der Waals surface area contributed by atoms with E-state index in [1.165, 1.54) is 49.6 Å². The zero-order chi connectivity index (χ0) is 21.6. The monoisotopic (exact) mass is 430 g/mol. The summed E-state index contributed by atoms with van der Waals surface area (Å²) < 4.78 is 51.7. The van der Waals surface area contributed by atoms with Crippen LogP contribution in [-0.4, -0.2) is 28.0 Å². The largest absolute Gasteiger partial charge is 0.495 e. The van der Waals surface area contributed by atoms with Crippen molar-refractivity contribution in [2.24, 2.45) is 0 Å². The highest BCUT2D eigenvalue weighted by Crippen LogP contribution is 2.26. The first-order valence-electron chi connectivity index (χ1n) is 8.82. The molecule has 0 saturated carbocycles. The van der Waals surface area contributed by atoms with E-state index in [0.29, 0.717) is 5.75 Å². The number of ether oxygens (including phenoxy) is 2. The van der Waals surface area contributed by atoms with Gasteiger partial charge in [0.2, 0.25) is 0 Å². The lowest BCUT2D eigenvalue weighted by molar-refractivity contribution is -0.118. The molecule has 3 aromatic carbocycles. The highest BCUT2D eigenvalue weighted by atomic mass is 32.2. The van der Waals surface area contributed by atoms with Crippen molar-refractivity contribution in [1.82, 2.24) is 0 Å². The third-order valence-electron chi connectivity index (χ3n) is 3.97. The summed E-state index contributed by atoms with van der Waals surface area (Å²) in [6.07, 6.45) is 0. The van der Waals surface area contributed by atoms with Crippen LogP contribution in [0.3, 0.4) is 0 Å². The Bertz CT molecular complexity index is 1150. The molecule has 0 aromatic heterocycles. The maximum atomic E-state index is 13.5. The summed E-state index contributed by atoms with van der Waals surface area (Å²) >= 11 is 0. The normalized spacial score (nSPS) is 10.9. The predicted octanol–water partition coefficient (Wildman–Crippen LogP) is 3.65. The topological polar surface area (TPSA) is 93.7 Å². The van der Waals surface area contributed by atoms with Gasteiger partial charge in [0.1, 0.15) is 5.75 Å². The molecule has 0 aliphatic carbocycles. The summed E-state index contributed by atoms with van der Waals surface area (Å²) in [5.41, 5.74) is 0.535. The standard InChI is InChI=1S/C21H19FN2O5S/c1-28-20-12-5-3-10-18(20)24-30(26,27)16-8-6-7-15(13-16)23-21(25)14-29-19-11-4-2-9-17(19)22/h2-13,24H,14H2,1H3,(H,23,25). The number of amides is 1. The number of para-hydroxylation sites is 3. The van der Waals surface area contributed by atoms with Crippen LogP contribution >= 0.6 is 0 Å². The lowest BCUT2D eigenvalue weighted by atomic mass is 10.3. The van der Waals surface area contributed by atoms with Gasteiger partial charge in [-0.25, -0.2) is 12.8 Å². The average Bonchev–Trinajstić information content (AvgIpc) is 2.73. The van der Waals surface area contributed by atoms with Gasteiger partial charge in [0.25, 0.3) is 15.9 Å². The van der Waals surface area contributed by atoms with E-state index in [1.54, 1.807) is 30.3 Å². The second-order valence-electron chi connectivity index (χ2n) is 6.10. The zero-order valence-corrected chi connectivity index (χ0v) is 16.8. The fourth-order valence-corrected chi connectivity index (χ4v) is 3.69. The summed E-state index contributed by atoms with van der Waals surface area (Å²) in [6.45, 7) is -0.433. The van der Waals surface area contributed by atoms with Gasteiger partial charge in [0, 0.05) is 5.69 Å². The van der Waals surface area contributed by atoms with Crippen molar-refractivity contribution >= 4 is 27.3 Å². The molecule has 0 heterocycles. The molecule has 0 radical (unpaired) electrons. The van der Waals surface area contributed by atoms with Crippen LogP contribution in [0.5, 0.6) is 11.5 Å². The Morgan fingerprint density at radius 2 is 1.67 bits per heavy atom. The molecule has 0 aliphatic rings. The molecular weight excluding hydrogens is 411 g/mol. The lowest BCUT2D eigenvalue weighted by Gasteiger charge is -2.13. The maximum Gasteiger partial charge on any atom is 0.262 e. The number of hydrogen-bond acceptors (Lipinski definition) is 5. The van der Waals surface area contributed by atoms with Crippen LogP contribution in [0.1, 0.15) is 0 Å². The van der Waals surface area contributed by atoms with Gasteiger partial charge in [-0.1, -0.05) is 30.3 Å². The Labute approximate surface area is 173 Å². The fraction of sp³-hybridized carbons (Fsp3) is 0.0952. The first-order chi connectivity index (χ1) is 14.4. The zero-order valence-electron chi connectivity index (χ0n) is 16.0. The fourth-order valence-electron chi connectivity index (χ4n) is 2.58. The molecule has 7 nitrogen and oxygen atoms in total. The van der Waals surface area contributed by atoms with Crippen LogP contribution in [0.15, 0.2) is 77.7 Å². The van der Waals surface area contributed by atoms with Gasteiger partial charge in [-0.15, -0.1) is 0 Å². The molecule has 3 rings (SSSR count). The van der Waals surface area contributed by atoms with Gasteiger partial charge in [0.05, 0.1) is 17.7 Å². The Morgan fingerprint density at radius 1 is 0.967 bits per heavy atom. The molecule has 0 atom stereocenters. The minimum absolute atomic E-state index is 0.0509. The van der Waals surface area contributed by atoms with E-state index >= 15 is 0 Å². The molecular formula is C21H19FN2O5S. The molecule has 30 heavy (non-hydrogen) atoms. The van der Waals surface area contributed by atoms with E-state index in [2.05, 4.69) is 10.0 Å². The van der Waals surface area contributed by atoms with Crippen molar-refractivity contribution < 1.29 is 27.1 Å². The van der Waals surface area contributed by atoms with E-state index < -0.39 is 28.4 Å². The number of nitrogens with one attached hydrogen (secondary N) is 2. The Morgan fingerprint density at radius 3 is 2.40 bits per heavy atom. The molecule has 0 spiro atoms. The molecule has 1 amide bonds. The number of benzene rings is 3. The number of rotatable bonds is 8. The van der Waals surface area contributed by atoms with Crippen LogP contribution in [0, 0.1) is 5.82 Å². The number of carbonyl (C=O) groups excluding carboxylic acids is 1. The van der Waals surface area contributed by atoms with Crippen LogP contribution in [0.2, 0.25) is 0 Å². The number of carbonyl (C=O) groups is 1. The number of methoxy groups -OCH3 is 1.